The number of rotatable bonds is 1. The fourth-order valence-corrected chi connectivity index (χ4v) is 0.924. The Morgan fingerprint density at radius 2 is 2.15 bits per heavy atom. The molecule has 0 aliphatic carbocycles. The Hall–Kier alpha value is -1.49. The van der Waals surface area contributed by atoms with Gasteiger partial charge in [0.2, 0.25) is 0 Å². The molecule has 1 aromatic heterocycles. The standard InChI is InChI=1S/C9H10N2.C2H6/c1-3-7-5-6-11-8(4-2)9(7)10;1-2/h1,5-6H,4,10H2,2H3;1-2H3. The molecule has 0 spiro atoms. The highest BCUT2D eigenvalue weighted by molar-refractivity contribution is 5.57. The van der Waals surface area contributed by atoms with Crippen LogP contribution in [0.25, 0.3) is 0 Å². The zero-order valence-electron chi connectivity index (χ0n) is 8.46. The quantitative estimate of drug-likeness (QED) is 0.666. The smallest absolute Gasteiger partial charge is 0.0692 e. The fourth-order valence-electron chi connectivity index (χ4n) is 0.924. The average Bonchev–Trinajstić information content (AvgIpc) is 2.21. The van der Waals surface area contributed by atoms with Gasteiger partial charge in [-0.25, -0.2) is 0 Å². The van der Waals surface area contributed by atoms with E-state index in [2.05, 4.69) is 10.9 Å². The van der Waals surface area contributed by atoms with Crippen molar-refractivity contribution in [3.05, 3.63) is 23.5 Å². The molecule has 0 unspecified atom stereocenters. The van der Waals surface area contributed by atoms with Gasteiger partial charge in [0.25, 0.3) is 0 Å². The number of anilines is 1. The summed E-state index contributed by atoms with van der Waals surface area (Å²) in [5.41, 5.74) is 7.94. The lowest BCUT2D eigenvalue weighted by atomic mass is 10.1. The maximum absolute atomic E-state index is 5.70. The SMILES string of the molecule is C#Cc1ccnc(CC)c1N.CC. The molecule has 0 aliphatic heterocycles. The molecule has 13 heavy (non-hydrogen) atoms. The van der Waals surface area contributed by atoms with Crippen molar-refractivity contribution in [1.82, 2.24) is 4.98 Å². The van der Waals surface area contributed by atoms with Crippen molar-refractivity contribution in [2.75, 3.05) is 5.73 Å². The topological polar surface area (TPSA) is 38.9 Å². The van der Waals surface area contributed by atoms with E-state index in [-0.39, 0.29) is 0 Å². The second kappa shape index (κ2) is 6.07. The summed E-state index contributed by atoms with van der Waals surface area (Å²) in [5.74, 6) is 2.50. The Labute approximate surface area is 80.2 Å². The lowest BCUT2D eigenvalue weighted by Gasteiger charge is -2.02. The first-order chi connectivity index (χ1) is 6.29. The van der Waals surface area contributed by atoms with Crippen LogP contribution in [-0.4, -0.2) is 4.98 Å². The van der Waals surface area contributed by atoms with Crippen molar-refractivity contribution < 1.29 is 0 Å². The van der Waals surface area contributed by atoms with Crippen molar-refractivity contribution in [2.45, 2.75) is 27.2 Å². The molecule has 0 radical (unpaired) electrons. The summed E-state index contributed by atoms with van der Waals surface area (Å²) in [6, 6.07) is 1.74. The summed E-state index contributed by atoms with van der Waals surface area (Å²) >= 11 is 0. The second-order valence-corrected chi connectivity index (χ2v) is 2.22. The molecule has 0 fully saturated rings. The van der Waals surface area contributed by atoms with Gasteiger partial charge in [-0.3, -0.25) is 4.98 Å². The molecule has 0 aromatic carbocycles. The molecular weight excluding hydrogens is 160 g/mol. The van der Waals surface area contributed by atoms with Gasteiger partial charge in [0, 0.05) is 6.20 Å². The third-order valence-corrected chi connectivity index (χ3v) is 1.56. The lowest BCUT2D eigenvalue weighted by Crippen LogP contribution is -1.98. The van der Waals surface area contributed by atoms with Crippen LogP contribution in [0.4, 0.5) is 5.69 Å². The van der Waals surface area contributed by atoms with E-state index >= 15 is 0 Å². The van der Waals surface area contributed by atoms with Crippen molar-refractivity contribution in [2.24, 2.45) is 0 Å². The monoisotopic (exact) mass is 176 g/mol. The predicted molar refractivity (Wildman–Crippen MR) is 57.3 cm³/mol. The zero-order chi connectivity index (χ0) is 10.3. The van der Waals surface area contributed by atoms with E-state index in [1.54, 1.807) is 12.3 Å². The number of nitrogens with two attached hydrogens (primary N) is 1. The minimum Gasteiger partial charge on any atom is -0.396 e. The van der Waals surface area contributed by atoms with Crippen LogP contribution in [0, 0.1) is 12.3 Å². The van der Waals surface area contributed by atoms with Crippen LogP contribution in [0.15, 0.2) is 12.3 Å². The molecule has 2 heteroatoms. The van der Waals surface area contributed by atoms with Crippen molar-refractivity contribution >= 4 is 5.69 Å². The van der Waals surface area contributed by atoms with Gasteiger partial charge in [0.15, 0.2) is 0 Å². The first kappa shape index (κ1) is 11.5. The van der Waals surface area contributed by atoms with Gasteiger partial charge < -0.3 is 5.73 Å². The number of aromatic nitrogens is 1. The summed E-state index contributed by atoms with van der Waals surface area (Å²) in [6.45, 7) is 6.00. The van der Waals surface area contributed by atoms with Crippen molar-refractivity contribution in [1.29, 1.82) is 0 Å². The molecular formula is C11H16N2. The molecule has 70 valence electrons. The first-order valence-electron chi connectivity index (χ1n) is 4.49. The number of terminal acetylenes is 1. The van der Waals surface area contributed by atoms with E-state index in [1.165, 1.54) is 0 Å². The van der Waals surface area contributed by atoms with Crippen molar-refractivity contribution in [3.8, 4) is 12.3 Å². The molecule has 0 bridgehead atoms. The molecule has 1 aromatic rings. The minimum absolute atomic E-state index is 0.637. The molecule has 0 saturated carbocycles. The first-order valence-corrected chi connectivity index (χ1v) is 4.49. The predicted octanol–water partition coefficient (Wildman–Crippen LogP) is 2.23. The Bertz CT molecular complexity index is 297. The second-order valence-electron chi connectivity index (χ2n) is 2.22. The lowest BCUT2D eigenvalue weighted by molar-refractivity contribution is 1.04. The van der Waals surface area contributed by atoms with Crippen LogP contribution in [0.3, 0.4) is 0 Å². The van der Waals surface area contributed by atoms with Crippen LogP contribution in [0.5, 0.6) is 0 Å². The van der Waals surface area contributed by atoms with Gasteiger partial charge >= 0.3 is 0 Å². The van der Waals surface area contributed by atoms with Crippen LogP contribution < -0.4 is 5.73 Å². The Kier molecular flexibility index (Phi) is 5.38. The Balaban J connectivity index is 0.000000671. The molecule has 0 saturated heterocycles. The number of hydrogen-bond acceptors (Lipinski definition) is 2. The summed E-state index contributed by atoms with van der Waals surface area (Å²) in [5, 5.41) is 0. The minimum atomic E-state index is 0.637. The number of hydrogen-bond donors (Lipinski definition) is 1. The molecule has 2 nitrogen and oxygen atoms in total. The van der Waals surface area contributed by atoms with Crippen LogP contribution >= 0.6 is 0 Å². The summed E-state index contributed by atoms with van der Waals surface area (Å²) in [6.07, 6.45) is 7.72. The number of pyridine rings is 1. The highest BCUT2D eigenvalue weighted by Crippen LogP contribution is 2.13. The maximum Gasteiger partial charge on any atom is 0.0692 e. The highest BCUT2D eigenvalue weighted by atomic mass is 14.7. The van der Waals surface area contributed by atoms with Crippen LogP contribution in [0.1, 0.15) is 32.0 Å². The highest BCUT2D eigenvalue weighted by Gasteiger charge is 2.00. The van der Waals surface area contributed by atoms with Gasteiger partial charge in [0.05, 0.1) is 16.9 Å². The molecule has 1 rings (SSSR count). The third-order valence-electron chi connectivity index (χ3n) is 1.56. The average molecular weight is 176 g/mol. The maximum atomic E-state index is 5.70. The normalized spacial score (nSPS) is 8.15. The van der Waals surface area contributed by atoms with Crippen molar-refractivity contribution in [3.63, 3.8) is 0 Å². The number of nitrogen functional groups attached to an aromatic ring is 1. The molecule has 0 aliphatic rings. The Morgan fingerprint density at radius 1 is 1.54 bits per heavy atom. The molecule has 1 heterocycles. The fraction of sp³-hybridized carbons (Fsp3) is 0.364. The Morgan fingerprint density at radius 3 is 2.62 bits per heavy atom. The third kappa shape index (κ3) is 2.79. The van der Waals surface area contributed by atoms with E-state index < -0.39 is 0 Å². The number of nitrogens with zero attached hydrogens (tertiary/aromatic N) is 1. The molecule has 2 N–H and O–H groups in total. The zero-order valence-corrected chi connectivity index (χ0v) is 8.46. The van der Waals surface area contributed by atoms with E-state index in [9.17, 15) is 0 Å². The van der Waals surface area contributed by atoms with Gasteiger partial charge in [-0.15, -0.1) is 6.42 Å². The van der Waals surface area contributed by atoms with E-state index in [4.69, 9.17) is 12.2 Å². The van der Waals surface area contributed by atoms with E-state index in [1.807, 2.05) is 20.8 Å². The van der Waals surface area contributed by atoms with Crippen LogP contribution in [-0.2, 0) is 6.42 Å². The van der Waals surface area contributed by atoms with Crippen LogP contribution in [0.2, 0.25) is 0 Å². The molecule has 0 atom stereocenters. The summed E-state index contributed by atoms with van der Waals surface area (Å²) in [4.78, 5) is 4.08. The number of aryl methyl sites for hydroxylation is 1. The largest absolute Gasteiger partial charge is 0.396 e. The van der Waals surface area contributed by atoms with Gasteiger partial charge in [-0.1, -0.05) is 26.7 Å². The van der Waals surface area contributed by atoms with E-state index in [0.29, 0.717) is 5.69 Å². The van der Waals surface area contributed by atoms with Gasteiger partial charge in [-0.05, 0) is 12.5 Å². The van der Waals surface area contributed by atoms with E-state index in [0.717, 1.165) is 17.7 Å². The van der Waals surface area contributed by atoms with Gasteiger partial charge in [0.1, 0.15) is 0 Å². The van der Waals surface area contributed by atoms with Gasteiger partial charge in [-0.2, -0.15) is 0 Å². The molecule has 0 amide bonds. The summed E-state index contributed by atoms with van der Waals surface area (Å²) in [7, 11) is 0. The summed E-state index contributed by atoms with van der Waals surface area (Å²) < 4.78 is 0.